The Labute approximate surface area is 130 Å². The zero-order valence-electron chi connectivity index (χ0n) is 12.7. The normalized spacial score (nSPS) is 10.4. The van der Waals surface area contributed by atoms with Crippen molar-refractivity contribution in [1.82, 2.24) is 0 Å². The van der Waals surface area contributed by atoms with Gasteiger partial charge in [0.1, 0.15) is 11.5 Å². The van der Waals surface area contributed by atoms with Gasteiger partial charge in [0.15, 0.2) is 0 Å². The fourth-order valence-electron chi connectivity index (χ4n) is 1.97. The first-order chi connectivity index (χ1) is 10.1. The van der Waals surface area contributed by atoms with E-state index in [9.17, 15) is 0 Å². The Balaban J connectivity index is 1.89. The number of aryl methyl sites for hydroxylation is 2. The minimum Gasteiger partial charge on any atom is -0.496 e. The molecule has 0 aliphatic rings. The number of anilines is 1. The fourth-order valence-corrected chi connectivity index (χ4v) is 2.80. The van der Waals surface area contributed by atoms with Crippen molar-refractivity contribution in [2.75, 3.05) is 25.2 Å². The SMILES string of the molecule is COc1cc(N)ccc1SCCOc1cc(C)ccc1C. The van der Waals surface area contributed by atoms with Gasteiger partial charge in [0.2, 0.25) is 0 Å². The summed E-state index contributed by atoms with van der Waals surface area (Å²) in [5.41, 5.74) is 8.84. The molecule has 21 heavy (non-hydrogen) atoms. The van der Waals surface area contributed by atoms with E-state index in [1.54, 1.807) is 18.9 Å². The second-order valence-electron chi connectivity index (χ2n) is 4.88. The van der Waals surface area contributed by atoms with Crippen LogP contribution in [-0.2, 0) is 0 Å². The van der Waals surface area contributed by atoms with E-state index in [0.717, 1.165) is 27.7 Å². The standard InChI is InChI=1S/C17H21NO2S/c1-12-4-5-13(2)15(10-12)20-8-9-21-17-7-6-14(18)11-16(17)19-3/h4-7,10-11H,8-9,18H2,1-3H3. The van der Waals surface area contributed by atoms with Crippen LogP contribution in [-0.4, -0.2) is 19.5 Å². The lowest BCUT2D eigenvalue weighted by Crippen LogP contribution is -2.02. The fraction of sp³-hybridized carbons (Fsp3) is 0.294. The monoisotopic (exact) mass is 303 g/mol. The van der Waals surface area contributed by atoms with Gasteiger partial charge in [-0.15, -0.1) is 11.8 Å². The van der Waals surface area contributed by atoms with Crippen molar-refractivity contribution in [2.45, 2.75) is 18.7 Å². The first kappa shape index (κ1) is 15.6. The lowest BCUT2D eigenvalue weighted by molar-refractivity contribution is 0.341. The number of ether oxygens (including phenoxy) is 2. The average Bonchev–Trinajstić information content (AvgIpc) is 2.48. The summed E-state index contributed by atoms with van der Waals surface area (Å²) in [6, 6.07) is 12.0. The van der Waals surface area contributed by atoms with Crippen LogP contribution in [0, 0.1) is 13.8 Å². The maximum atomic E-state index is 5.85. The van der Waals surface area contributed by atoms with Crippen LogP contribution in [0.3, 0.4) is 0 Å². The number of benzene rings is 2. The van der Waals surface area contributed by atoms with Gasteiger partial charge in [-0.05, 0) is 43.2 Å². The van der Waals surface area contributed by atoms with Crippen molar-refractivity contribution < 1.29 is 9.47 Å². The molecule has 0 bridgehead atoms. The Morgan fingerprint density at radius 3 is 2.62 bits per heavy atom. The van der Waals surface area contributed by atoms with Gasteiger partial charge >= 0.3 is 0 Å². The Bertz CT molecular complexity index is 614. The van der Waals surface area contributed by atoms with Gasteiger partial charge in [0.25, 0.3) is 0 Å². The number of nitrogens with two attached hydrogens (primary N) is 1. The second-order valence-corrected chi connectivity index (χ2v) is 6.01. The number of hydrogen-bond acceptors (Lipinski definition) is 4. The Morgan fingerprint density at radius 1 is 1.05 bits per heavy atom. The number of nitrogen functional groups attached to an aromatic ring is 1. The number of thioether (sulfide) groups is 1. The van der Waals surface area contributed by atoms with E-state index < -0.39 is 0 Å². The lowest BCUT2D eigenvalue weighted by Gasteiger charge is -2.11. The molecule has 0 saturated carbocycles. The van der Waals surface area contributed by atoms with Crippen LogP contribution in [0.15, 0.2) is 41.3 Å². The number of rotatable bonds is 6. The molecule has 0 atom stereocenters. The highest BCUT2D eigenvalue weighted by Crippen LogP contribution is 2.31. The van der Waals surface area contributed by atoms with Gasteiger partial charge in [-0.1, -0.05) is 12.1 Å². The highest BCUT2D eigenvalue weighted by atomic mass is 32.2. The topological polar surface area (TPSA) is 44.5 Å². The van der Waals surface area contributed by atoms with Crippen molar-refractivity contribution in [1.29, 1.82) is 0 Å². The summed E-state index contributed by atoms with van der Waals surface area (Å²) in [5.74, 6) is 2.62. The predicted octanol–water partition coefficient (Wildman–Crippen LogP) is 4.07. The molecule has 3 nitrogen and oxygen atoms in total. The lowest BCUT2D eigenvalue weighted by atomic mass is 10.1. The van der Waals surface area contributed by atoms with E-state index in [0.29, 0.717) is 12.3 Å². The van der Waals surface area contributed by atoms with Gasteiger partial charge in [0.05, 0.1) is 13.7 Å². The first-order valence-electron chi connectivity index (χ1n) is 6.86. The molecule has 0 radical (unpaired) electrons. The summed E-state index contributed by atoms with van der Waals surface area (Å²) in [7, 11) is 1.66. The van der Waals surface area contributed by atoms with Crippen LogP contribution < -0.4 is 15.2 Å². The van der Waals surface area contributed by atoms with Gasteiger partial charge < -0.3 is 15.2 Å². The van der Waals surface area contributed by atoms with Crippen LogP contribution in [0.1, 0.15) is 11.1 Å². The minimum absolute atomic E-state index is 0.655. The molecule has 0 saturated heterocycles. The molecule has 0 spiro atoms. The number of hydrogen-bond donors (Lipinski definition) is 1. The summed E-state index contributed by atoms with van der Waals surface area (Å²) in [6.07, 6.45) is 0. The quantitative estimate of drug-likeness (QED) is 0.496. The van der Waals surface area contributed by atoms with Gasteiger partial charge in [0, 0.05) is 22.4 Å². The van der Waals surface area contributed by atoms with Crippen LogP contribution in [0.2, 0.25) is 0 Å². The van der Waals surface area contributed by atoms with Crippen molar-refractivity contribution in [3.8, 4) is 11.5 Å². The van der Waals surface area contributed by atoms with E-state index >= 15 is 0 Å². The van der Waals surface area contributed by atoms with Crippen molar-refractivity contribution in [2.24, 2.45) is 0 Å². The smallest absolute Gasteiger partial charge is 0.134 e. The largest absolute Gasteiger partial charge is 0.496 e. The molecule has 112 valence electrons. The molecule has 0 fully saturated rings. The predicted molar refractivity (Wildman–Crippen MR) is 89.5 cm³/mol. The van der Waals surface area contributed by atoms with Crippen molar-refractivity contribution in [3.63, 3.8) is 0 Å². The van der Waals surface area contributed by atoms with E-state index in [2.05, 4.69) is 32.0 Å². The Morgan fingerprint density at radius 2 is 1.86 bits per heavy atom. The summed E-state index contributed by atoms with van der Waals surface area (Å²) in [5, 5.41) is 0. The van der Waals surface area contributed by atoms with Crippen LogP contribution >= 0.6 is 11.8 Å². The summed E-state index contributed by atoms with van der Waals surface area (Å²) < 4.78 is 11.2. The first-order valence-corrected chi connectivity index (χ1v) is 7.85. The highest BCUT2D eigenvalue weighted by Gasteiger charge is 2.05. The minimum atomic E-state index is 0.655. The third-order valence-corrected chi connectivity index (χ3v) is 4.15. The second kappa shape index (κ2) is 7.27. The van der Waals surface area contributed by atoms with Crippen LogP contribution in [0.4, 0.5) is 5.69 Å². The zero-order chi connectivity index (χ0) is 15.2. The summed E-state index contributed by atoms with van der Waals surface area (Å²) in [4.78, 5) is 1.08. The van der Waals surface area contributed by atoms with Gasteiger partial charge in [-0.2, -0.15) is 0 Å². The molecular weight excluding hydrogens is 282 g/mol. The molecule has 0 amide bonds. The van der Waals surface area contributed by atoms with Crippen molar-refractivity contribution >= 4 is 17.4 Å². The zero-order valence-corrected chi connectivity index (χ0v) is 13.5. The Kier molecular flexibility index (Phi) is 5.39. The molecule has 0 aromatic heterocycles. The molecule has 2 aromatic carbocycles. The molecule has 0 unspecified atom stereocenters. The van der Waals surface area contributed by atoms with Gasteiger partial charge in [-0.3, -0.25) is 0 Å². The third-order valence-electron chi connectivity index (χ3n) is 3.13. The maximum Gasteiger partial charge on any atom is 0.134 e. The molecular formula is C17H21NO2S. The highest BCUT2D eigenvalue weighted by molar-refractivity contribution is 7.99. The van der Waals surface area contributed by atoms with E-state index in [-0.39, 0.29) is 0 Å². The Hall–Kier alpha value is -1.81. The summed E-state index contributed by atoms with van der Waals surface area (Å²) in [6.45, 7) is 4.79. The molecule has 0 heterocycles. The summed E-state index contributed by atoms with van der Waals surface area (Å²) >= 11 is 1.70. The maximum absolute atomic E-state index is 5.85. The van der Waals surface area contributed by atoms with Crippen LogP contribution in [0.5, 0.6) is 11.5 Å². The molecule has 2 rings (SSSR count). The average molecular weight is 303 g/mol. The van der Waals surface area contributed by atoms with Gasteiger partial charge in [-0.25, -0.2) is 0 Å². The van der Waals surface area contributed by atoms with E-state index in [1.807, 2.05) is 18.2 Å². The molecule has 0 aliphatic carbocycles. The molecule has 2 aromatic rings. The third kappa shape index (κ3) is 4.33. The molecule has 2 N–H and O–H groups in total. The van der Waals surface area contributed by atoms with Crippen LogP contribution in [0.25, 0.3) is 0 Å². The van der Waals surface area contributed by atoms with E-state index in [4.69, 9.17) is 15.2 Å². The molecule has 4 heteroatoms. The number of methoxy groups -OCH3 is 1. The van der Waals surface area contributed by atoms with E-state index in [1.165, 1.54) is 5.56 Å². The van der Waals surface area contributed by atoms with Crippen molar-refractivity contribution in [3.05, 3.63) is 47.5 Å². The molecule has 0 aliphatic heterocycles.